The minimum atomic E-state index is -0.387. The normalized spacial score (nSPS) is 10.5. The summed E-state index contributed by atoms with van der Waals surface area (Å²) in [7, 11) is 0. The number of hydrogen-bond donors (Lipinski definition) is 2. The van der Waals surface area contributed by atoms with E-state index in [1.54, 1.807) is 6.20 Å². The van der Waals surface area contributed by atoms with E-state index in [-0.39, 0.29) is 11.6 Å². The number of aromatic nitrogens is 1. The van der Waals surface area contributed by atoms with Gasteiger partial charge in [-0.2, -0.15) is 0 Å². The van der Waals surface area contributed by atoms with E-state index in [9.17, 15) is 4.39 Å². The topological polar surface area (TPSA) is 50.9 Å². The molecule has 2 rings (SSSR count). The van der Waals surface area contributed by atoms with Crippen molar-refractivity contribution in [1.82, 2.24) is 4.98 Å². The number of nitrogens with zero attached hydrogens (tertiary/aromatic N) is 1. The SMILES string of the molecule is NCCCc1cccc(Nc2ncc(Br)cc2F)c1. The molecule has 0 saturated carbocycles. The van der Waals surface area contributed by atoms with Crippen molar-refractivity contribution in [3.8, 4) is 0 Å². The quantitative estimate of drug-likeness (QED) is 0.883. The number of anilines is 2. The number of benzene rings is 1. The molecule has 0 aliphatic heterocycles. The molecule has 1 aromatic heterocycles. The lowest BCUT2D eigenvalue weighted by molar-refractivity contribution is 0.625. The Morgan fingerprint density at radius 3 is 2.89 bits per heavy atom. The number of rotatable bonds is 5. The van der Waals surface area contributed by atoms with E-state index in [2.05, 4.69) is 26.2 Å². The van der Waals surface area contributed by atoms with Crippen LogP contribution in [0.3, 0.4) is 0 Å². The predicted octanol–water partition coefficient (Wildman–Crippen LogP) is 3.62. The fourth-order valence-corrected chi connectivity index (χ4v) is 2.06. The van der Waals surface area contributed by atoms with Crippen molar-refractivity contribution < 1.29 is 4.39 Å². The average Bonchev–Trinajstić information content (AvgIpc) is 2.40. The second-order valence-corrected chi connectivity index (χ2v) is 5.12. The molecule has 0 spiro atoms. The third-order valence-corrected chi connectivity index (χ3v) is 3.10. The molecule has 0 fully saturated rings. The molecule has 2 aromatic rings. The molecule has 0 bridgehead atoms. The number of nitrogens with one attached hydrogen (secondary N) is 1. The molecule has 5 heteroatoms. The van der Waals surface area contributed by atoms with Crippen LogP contribution < -0.4 is 11.1 Å². The minimum Gasteiger partial charge on any atom is -0.338 e. The third kappa shape index (κ3) is 4.01. The highest BCUT2D eigenvalue weighted by Gasteiger charge is 2.05. The molecule has 0 saturated heterocycles. The van der Waals surface area contributed by atoms with E-state index in [0.717, 1.165) is 18.5 Å². The summed E-state index contributed by atoms with van der Waals surface area (Å²) < 4.78 is 14.3. The Morgan fingerprint density at radius 2 is 2.16 bits per heavy atom. The minimum absolute atomic E-state index is 0.221. The van der Waals surface area contributed by atoms with E-state index in [4.69, 9.17) is 5.73 Å². The Balaban J connectivity index is 2.14. The van der Waals surface area contributed by atoms with Crippen molar-refractivity contribution in [3.63, 3.8) is 0 Å². The van der Waals surface area contributed by atoms with Gasteiger partial charge < -0.3 is 11.1 Å². The maximum absolute atomic E-state index is 13.7. The summed E-state index contributed by atoms with van der Waals surface area (Å²) in [5, 5.41) is 2.98. The first-order valence-electron chi connectivity index (χ1n) is 6.06. The van der Waals surface area contributed by atoms with Gasteiger partial charge in [0.15, 0.2) is 11.6 Å². The summed E-state index contributed by atoms with van der Waals surface area (Å²) in [4.78, 5) is 4.01. The zero-order chi connectivity index (χ0) is 13.7. The Hall–Kier alpha value is -1.46. The fourth-order valence-electron chi connectivity index (χ4n) is 1.75. The highest BCUT2D eigenvalue weighted by molar-refractivity contribution is 9.10. The average molecular weight is 324 g/mol. The summed E-state index contributed by atoms with van der Waals surface area (Å²) in [6.07, 6.45) is 3.42. The van der Waals surface area contributed by atoms with Crippen molar-refractivity contribution in [3.05, 3.63) is 52.4 Å². The van der Waals surface area contributed by atoms with Crippen LogP contribution in [-0.4, -0.2) is 11.5 Å². The molecule has 3 N–H and O–H groups in total. The van der Waals surface area contributed by atoms with Gasteiger partial charge >= 0.3 is 0 Å². The molecule has 0 aliphatic carbocycles. The summed E-state index contributed by atoms with van der Waals surface area (Å²) in [6.45, 7) is 0.667. The summed E-state index contributed by atoms with van der Waals surface area (Å²) in [5.41, 5.74) is 7.49. The summed E-state index contributed by atoms with van der Waals surface area (Å²) >= 11 is 3.18. The largest absolute Gasteiger partial charge is 0.338 e. The highest BCUT2D eigenvalue weighted by atomic mass is 79.9. The fraction of sp³-hybridized carbons (Fsp3) is 0.214. The highest BCUT2D eigenvalue weighted by Crippen LogP contribution is 2.21. The molecule has 3 nitrogen and oxygen atoms in total. The summed E-state index contributed by atoms with van der Waals surface area (Å²) in [6, 6.07) is 9.22. The maximum Gasteiger partial charge on any atom is 0.166 e. The molecule has 100 valence electrons. The van der Waals surface area contributed by atoms with Crippen LogP contribution >= 0.6 is 15.9 Å². The van der Waals surface area contributed by atoms with Gasteiger partial charge in [0.1, 0.15) is 0 Å². The molecule has 0 aliphatic rings. The van der Waals surface area contributed by atoms with Crippen molar-refractivity contribution in [2.24, 2.45) is 5.73 Å². The number of pyridine rings is 1. The van der Waals surface area contributed by atoms with Gasteiger partial charge in [0.2, 0.25) is 0 Å². The van der Waals surface area contributed by atoms with E-state index in [1.807, 2.05) is 24.3 Å². The van der Waals surface area contributed by atoms with Crippen molar-refractivity contribution in [1.29, 1.82) is 0 Å². The second-order valence-electron chi connectivity index (χ2n) is 4.20. The van der Waals surface area contributed by atoms with Crippen molar-refractivity contribution >= 4 is 27.4 Å². The molecule has 1 aromatic carbocycles. The van der Waals surface area contributed by atoms with E-state index in [0.29, 0.717) is 11.0 Å². The Morgan fingerprint density at radius 1 is 1.32 bits per heavy atom. The number of halogens is 2. The van der Waals surface area contributed by atoms with Gasteiger partial charge in [-0.25, -0.2) is 9.37 Å². The smallest absolute Gasteiger partial charge is 0.166 e. The van der Waals surface area contributed by atoms with Crippen LogP contribution in [0.2, 0.25) is 0 Å². The van der Waals surface area contributed by atoms with E-state index in [1.165, 1.54) is 11.6 Å². The molecule has 0 unspecified atom stereocenters. The molecule has 0 amide bonds. The standard InChI is InChI=1S/C14H15BrFN3/c15-11-8-13(16)14(18-9-11)19-12-5-1-3-10(7-12)4-2-6-17/h1,3,5,7-9H,2,4,6,17H2,(H,18,19). The zero-order valence-corrected chi connectivity index (χ0v) is 12.0. The van der Waals surface area contributed by atoms with Crippen LogP contribution in [0.4, 0.5) is 15.9 Å². The van der Waals surface area contributed by atoms with Gasteiger partial charge in [0.05, 0.1) is 0 Å². The number of hydrogen-bond acceptors (Lipinski definition) is 3. The predicted molar refractivity (Wildman–Crippen MR) is 79.0 cm³/mol. The third-order valence-electron chi connectivity index (χ3n) is 2.67. The zero-order valence-electron chi connectivity index (χ0n) is 10.4. The van der Waals surface area contributed by atoms with Crippen LogP contribution in [0.1, 0.15) is 12.0 Å². The van der Waals surface area contributed by atoms with Gasteiger partial charge in [-0.15, -0.1) is 0 Å². The lowest BCUT2D eigenvalue weighted by atomic mass is 10.1. The molecule has 1 heterocycles. The van der Waals surface area contributed by atoms with Crippen LogP contribution in [0.5, 0.6) is 0 Å². The van der Waals surface area contributed by atoms with Gasteiger partial charge in [-0.1, -0.05) is 12.1 Å². The summed E-state index contributed by atoms with van der Waals surface area (Å²) in [5.74, 6) is -0.166. The van der Waals surface area contributed by atoms with Crippen molar-refractivity contribution in [2.45, 2.75) is 12.8 Å². The molecule has 0 radical (unpaired) electrons. The van der Waals surface area contributed by atoms with E-state index < -0.39 is 0 Å². The molecular weight excluding hydrogens is 309 g/mol. The Labute approximate surface area is 120 Å². The van der Waals surface area contributed by atoms with Crippen LogP contribution in [-0.2, 0) is 6.42 Å². The van der Waals surface area contributed by atoms with Gasteiger partial charge in [-0.3, -0.25) is 0 Å². The lowest BCUT2D eigenvalue weighted by Gasteiger charge is -2.08. The number of aryl methyl sites for hydroxylation is 1. The van der Waals surface area contributed by atoms with Gasteiger partial charge in [0.25, 0.3) is 0 Å². The van der Waals surface area contributed by atoms with Crippen LogP contribution in [0.15, 0.2) is 41.0 Å². The maximum atomic E-state index is 13.7. The second kappa shape index (κ2) is 6.63. The van der Waals surface area contributed by atoms with Crippen LogP contribution in [0, 0.1) is 5.82 Å². The lowest BCUT2D eigenvalue weighted by Crippen LogP contribution is -2.01. The number of nitrogens with two attached hydrogens (primary N) is 1. The Bertz CT molecular complexity index is 560. The van der Waals surface area contributed by atoms with Gasteiger partial charge in [-0.05, 0) is 59.1 Å². The first kappa shape index (κ1) is 14.0. The molecular formula is C14H15BrFN3. The first-order chi connectivity index (χ1) is 9.19. The van der Waals surface area contributed by atoms with Gasteiger partial charge in [0, 0.05) is 16.4 Å². The monoisotopic (exact) mass is 323 g/mol. The molecule has 0 atom stereocenters. The Kier molecular flexibility index (Phi) is 4.87. The molecule has 19 heavy (non-hydrogen) atoms. The van der Waals surface area contributed by atoms with Crippen LogP contribution in [0.25, 0.3) is 0 Å². The first-order valence-corrected chi connectivity index (χ1v) is 6.85. The van der Waals surface area contributed by atoms with Crippen molar-refractivity contribution in [2.75, 3.05) is 11.9 Å². The van der Waals surface area contributed by atoms with E-state index >= 15 is 0 Å².